The molecule has 0 bridgehead atoms. The molecule has 0 unspecified atom stereocenters. The number of thiocarbonyl (C=S) groups is 1. The molecule has 0 saturated carbocycles. The van der Waals surface area contributed by atoms with Crippen molar-refractivity contribution < 1.29 is 0 Å². The van der Waals surface area contributed by atoms with E-state index < -0.39 is 0 Å². The average Bonchev–Trinajstić information content (AvgIpc) is 2.48. The van der Waals surface area contributed by atoms with Gasteiger partial charge >= 0.3 is 0 Å². The van der Waals surface area contributed by atoms with E-state index in [0.717, 1.165) is 12.1 Å². The van der Waals surface area contributed by atoms with Gasteiger partial charge in [0.15, 0.2) is 5.11 Å². The van der Waals surface area contributed by atoms with E-state index in [9.17, 15) is 0 Å². The second kappa shape index (κ2) is 7.95. The van der Waals surface area contributed by atoms with E-state index in [1.807, 2.05) is 12.1 Å². The van der Waals surface area contributed by atoms with Gasteiger partial charge in [-0.25, -0.2) is 0 Å². The highest BCUT2D eigenvalue weighted by Gasteiger charge is 2.07. The zero-order valence-electron chi connectivity index (χ0n) is 13.5. The van der Waals surface area contributed by atoms with E-state index in [0.29, 0.717) is 5.11 Å². The van der Waals surface area contributed by atoms with Gasteiger partial charge in [0.25, 0.3) is 0 Å². The number of aryl methyl sites for hydroxylation is 2. The van der Waals surface area contributed by atoms with Crippen molar-refractivity contribution in [3.05, 3.63) is 65.2 Å². The molecule has 116 valence electrons. The molecule has 0 aromatic heterocycles. The first-order chi connectivity index (χ1) is 10.6. The molecular weight excluding hydrogens is 288 g/mol. The second-order valence-corrected chi connectivity index (χ2v) is 6.09. The van der Waals surface area contributed by atoms with Crippen LogP contribution in [0.25, 0.3) is 0 Å². The molecule has 0 aliphatic carbocycles. The maximum atomic E-state index is 5.40. The minimum absolute atomic E-state index is 0.181. The number of benzene rings is 2. The topological polar surface area (TPSA) is 24.1 Å². The van der Waals surface area contributed by atoms with Crippen LogP contribution in [0.15, 0.2) is 48.5 Å². The van der Waals surface area contributed by atoms with Crippen molar-refractivity contribution in [2.24, 2.45) is 0 Å². The normalized spacial score (nSPS) is 11.8. The molecule has 1 atom stereocenters. The monoisotopic (exact) mass is 312 g/mol. The lowest BCUT2D eigenvalue weighted by molar-refractivity contribution is 0.722. The Kier molecular flexibility index (Phi) is 5.96. The Hall–Kier alpha value is -1.87. The summed E-state index contributed by atoms with van der Waals surface area (Å²) in [6.07, 6.45) is 2.31. The van der Waals surface area contributed by atoms with Gasteiger partial charge in [0, 0.05) is 5.69 Å². The van der Waals surface area contributed by atoms with Crippen LogP contribution in [0.5, 0.6) is 0 Å². The predicted octanol–water partition coefficient (Wildman–Crippen LogP) is 5.00. The van der Waals surface area contributed by atoms with E-state index in [1.165, 1.54) is 23.1 Å². The molecule has 2 N–H and O–H groups in total. The van der Waals surface area contributed by atoms with Crippen LogP contribution in [0.2, 0.25) is 0 Å². The van der Waals surface area contributed by atoms with Gasteiger partial charge in [0.05, 0.1) is 6.04 Å². The third-order valence-corrected chi connectivity index (χ3v) is 3.86. The fraction of sp³-hybridized carbons (Fsp3) is 0.316. The molecule has 0 radical (unpaired) electrons. The first-order valence-electron chi connectivity index (χ1n) is 7.81. The molecule has 2 rings (SSSR count). The Labute approximate surface area is 139 Å². The number of anilines is 1. The summed E-state index contributed by atoms with van der Waals surface area (Å²) >= 11 is 5.40. The molecule has 0 amide bonds. The standard InChI is InChI=1S/C19H24N2S/c1-4-6-16-9-11-17(12-10-16)15(3)20-19(22)21-18-8-5-7-14(2)13-18/h5,7-13,15H,4,6H2,1-3H3,(H2,20,21,22)/t15-/m1/s1. The van der Waals surface area contributed by atoms with E-state index in [-0.39, 0.29) is 6.04 Å². The highest BCUT2D eigenvalue weighted by atomic mass is 32.1. The van der Waals surface area contributed by atoms with Crippen molar-refractivity contribution in [2.45, 2.75) is 39.7 Å². The molecule has 2 nitrogen and oxygen atoms in total. The van der Waals surface area contributed by atoms with Gasteiger partial charge in [-0.3, -0.25) is 0 Å². The van der Waals surface area contributed by atoms with Gasteiger partial charge in [-0.05, 0) is 61.3 Å². The Morgan fingerprint density at radius 3 is 2.50 bits per heavy atom. The van der Waals surface area contributed by atoms with Gasteiger partial charge in [-0.15, -0.1) is 0 Å². The fourth-order valence-electron chi connectivity index (χ4n) is 2.43. The van der Waals surface area contributed by atoms with Gasteiger partial charge in [-0.2, -0.15) is 0 Å². The van der Waals surface area contributed by atoms with Crippen molar-refractivity contribution in [1.29, 1.82) is 0 Å². The van der Waals surface area contributed by atoms with Crippen LogP contribution < -0.4 is 10.6 Å². The van der Waals surface area contributed by atoms with Crippen molar-refractivity contribution in [1.82, 2.24) is 5.32 Å². The smallest absolute Gasteiger partial charge is 0.171 e. The molecule has 0 spiro atoms. The van der Waals surface area contributed by atoms with Crippen LogP contribution in [0, 0.1) is 6.92 Å². The number of hydrogen-bond donors (Lipinski definition) is 2. The Morgan fingerprint density at radius 1 is 1.14 bits per heavy atom. The first kappa shape index (κ1) is 16.5. The third kappa shape index (κ3) is 4.85. The highest BCUT2D eigenvalue weighted by molar-refractivity contribution is 7.80. The maximum absolute atomic E-state index is 5.40. The molecule has 2 aromatic carbocycles. The summed E-state index contributed by atoms with van der Waals surface area (Å²) in [5.74, 6) is 0. The number of rotatable bonds is 5. The molecule has 3 heteroatoms. The number of nitrogens with one attached hydrogen (secondary N) is 2. The van der Waals surface area contributed by atoms with E-state index in [1.54, 1.807) is 0 Å². The minimum atomic E-state index is 0.181. The summed E-state index contributed by atoms with van der Waals surface area (Å²) in [5, 5.41) is 7.22. The van der Waals surface area contributed by atoms with Crippen LogP contribution >= 0.6 is 12.2 Å². The Morgan fingerprint density at radius 2 is 1.86 bits per heavy atom. The largest absolute Gasteiger partial charge is 0.356 e. The van der Waals surface area contributed by atoms with Crippen molar-refractivity contribution in [3.8, 4) is 0 Å². The second-order valence-electron chi connectivity index (χ2n) is 5.68. The molecule has 0 aliphatic heterocycles. The summed E-state index contributed by atoms with van der Waals surface area (Å²) in [5.41, 5.74) is 4.86. The predicted molar refractivity (Wildman–Crippen MR) is 99.4 cm³/mol. The van der Waals surface area contributed by atoms with Crippen LogP contribution in [-0.2, 0) is 6.42 Å². The van der Waals surface area contributed by atoms with E-state index in [2.05, 4.69) is 67.8 Å². The lowest BCUT2D eigenvalue weighted by atomic mass is 10.0. The van der Waals surface area contributed by atoms with Crippen molar-refractivity contribution in [3.63, 3.8) is 0 Å². The van der Waals surface area contributed by atoms with Crippen molar-refractivity contribution in [2.75, 3.05) is 5.32 Å². The lowest BCUT2D eigenvalue weighted by Crippen LogP contribution is -2.30. The fourth-order valence-corrected chi connectivity index (χ4v) is 2.73. The molecule has 0 heterocycles. The van der Waals surface area contributed by atoms with E-state index >= 15 is 0 Å². The van der Waals surface area contributed by atoms with Crippen LogP contribution in [0.3, 0.4) is 0 Å². The minimum Gasteiger partial charge on any atom is -0.356 e. The molecule has 0 fully saturated rings. The van der Waals surface area contributed by atoms with Gasteiger partial charge in [-0.1, -0.05) is 49.7 Å². The average molecular weight is 312 g/mol. The summed E-state index contributed by atoms with van der Waals surface area (Å²) in [6.45, 7) is 6.40. The number of hydrogen-bond acceptors (Lipinski definition) is 1. The van der Waals surface area contributed by atoms with Crippen LogP contribution in [0.4, 0.5) is 5.69 Å². The lowest BCUT2D eigenvalue weighted by Gasteiger charge is -2.18. The van der Waals surface area contributed by atoms with Gasteiger partial charge in [0.2, 0.25) is 0 Å². The molecule has 22 heavy (non-hydrogen) atoms. The quantitative estimate of drug-likeness (QED) is 0.760. The van der Waals surface area contributed by atoms with Crippen molar-refractivity contribution >= 4 is 23.0 Å². The van der Waals surface area contributed by atoms with Crippen LogP contribution in [-0.4, -0.2) is 5.11 Å². The molecular formula is C19H24N2S. The van der Waals surface area contributed by atoms with E-state index in [4.69, 9.17) is 12.2 Å². The zero-order valence-corrected chi connectivity index (χ0v) is 14.3. The molecule has 0 aliphatic rings. The van der Waals surface area contributed by atoms with Gasteiger partial charge in [0.1, 0.15) is 0 Å². The molecule has 0 saturated heterocycles. The Balaban J connectivity index is 1.93. The first-order valence-corrected chi connectivity index (χ1v) is 8.22. The summed E-state index contributed by atoms with van der Waals surface area (Å²) in [4.78, 5) is 0. The Bertz CT molecular complexity index is 620. The summed E-state index contributed by atoms with van der Waals surface area (Å²) in [7, 11) is 0. The van der Waals surface area contributed by atoms with Crippen LogP contribution in [0.1, 0.15) is 43.0 Å². The third-order valence-electron chi connectivity index (χ3n) is 3.64. The zero-order chi connectivity index (χ0) is 15.9. The maximum Gasteiger partial charge on any atom is 0.171 e. The summed E-state index contributed by atoms with van der Waals surface area (Å²) in [6, 6.07) is 17.1. The molecule has 2 aromatic rings. The highest BCUT2D eigenvalue weighted by Crippen LogP contribution is 2.15. The SMILES string of the molecule is CCCc1ccc([C@@H](C)NC(=S)Nc2cccc(C)c2)cc1. The summed E-state index contributed by atoms with van der Waals surface area (Å²) < 4.78 is 0. The van der Waals surface area contributed by atoms with Gasteiger partial charge < -0.3 is 10.6 Å².